The Kier molecular flexibility index (Phi) is 7.15. The van der Waals surface area contributed by atoms with E-state index < -0.39 is 0 Å². The quantitative estimate of drug-likeness (QED) is 0.723. The summed E-state index contributed by atoms with van der Waals surface area (Å²) in [6.45, 7) is 7.41. The average molecular weight is 295 g/mol. The fourth-order valence-corrected chi connectivity index (χ4v) is 2.14. The first-order valence-electron chi connectivity index (χ1n) is 7.44. The maximum atomic E-state index is 14.0. The van der Waals surface area contributed by atoms with Gasteiger partial charge in [-0.25, -0.2) is 4.39 Å². The van der Waals surface area contributed by atoms with E-state index in [0.29, 0.717) is 12.1 Å². The van der Waals surface area contributed by atoms with Gasteiger partial charge >= 0.3 is 0 Å². The maximum absolute atomic E-state index is 14.0. The number of rotatable bonds is 8. The zero-order valence-corrected chi connectivity index (χ0v) is 13.4. The first-order chi connectivity index (χ1) is 9.95. The molecular formula is C16H26FN3O. The fraction of sp³-hybridized carbons (Fsp3) is 0.562. The molecule has 0 saturated heterocycles. The summed E-state index contributed by atoms with van der Waals surface area (Å²) < 4.78 is 14.0. The van der Waals surface area contributed by atoms with Gasteiger partial charge in [-0.15, -0.1) is 0 Å². The number of nitrogens with zero attached hydrogens (tertiary/aromatic N) is 1. The van der Waals surface area contributed by atoms with Gasteiger partial charge in [-0.2, -0.15) is 0 Å². The number of halogens is 1. The highest BCUT2D eigenvalue weighted by molar-refractivity contribution is 5.81. The highest BCUT2D eigenvalue weighted by Gasteiger charge is 2.14. The van der Waals surface area contributed by atoms with E-state index >= 15 is 0 Å². The standard InChI is InChI=1S/C16H26FN3O/c1-5-9-18-10-13-14(17)7-6-8-15(13)20(4)11-16(21)19-12(2)3/h6-8,12,18H,5,9-11H2,1-4H3,(H,19,21). The predicted molar refractivity (Wildman–Crippen MR) is 84.9 cm³/mol. The van der Waals surface area contributed by atoms with E-state index in [1.807, 2.05) is 19.9 Å². The molecule has 0 bridgehead atoms. The molecule has 2 N–H and O–H groups in total. The molecule has 118 valence electrons. The third-order valence-electron chi connectivity index (χ3n) is 3.06. The molecule has 0 unspecified atom stereocenters. The molecule has 1 aromatic rings. The van der Waals surface area contributed by atoms with Gasteiger partial charge < -0.3 is 15.5 Å². The van der Waals surface area contributed by atoms with Crippen LogP contribution in [-0.2, 0) is 11.3 Å². The minimum atomic E-state index is -0.243. The zero-order valence-electron chi connectivity index (χ0n) is 13.4. The Hall–Kier alpha value is -1.62. The Balaban J connectivity index is 2.80. The SMILES string of the molecule is CCCNCc1c(F)cccc1N(C)CC(=O)NC(C)C. The Bertz CT molecular complexity index is 463. The molecule has 0 radical (unpaired) electrons. The summed E-state index contributed by atoms with van der Waals surface area (Å²) in [5.41, 5.74) is 1.35. The second-order valence-corrected chi connectivity index (χ2v) is 5.49. The maximum Gasteiger partial charge on any atom is 0.239 e. The van der Waals surface area contributed by atoms with Gasteiger partial charge in [0.05, 0.1) is 6.54 Å². The highest BCUT2D eigenvalue weighted by atomic mass is 19.1. The number of carbonyl (C=O) groups is 1. The second-order valence-electron chi connectivity index (χ2n) is 5.49. The third kappa shape index (κ3) is 5.71. The first-order valence-corrected chi connectivity index (χ1v) is 7.44. The van der Waals surface area contributed by atoms with Crippen molar-refractivity contribution in [2.75, 3.05) is 25.0 Å². The van der Waals surface area contributed by atoms with Crippen molar-refractivity contribution in [3.05, 3.63) is 29.6 Å². The van der Waals surface area contributed by atoms with E-state index in [4.69, 9.17) is 0 Å². The van der Waals surface area contributed by atoms with Crippen LogP contribution in [0.4, 0.5) is 10.1 Å². The Morgan fingerprint density at radius 1 is 1.38 bits per heavy atom. The molecule has 0 saturated carbocycles. The molecule has 0 aromatic heterocycles. The molecule has 1 aromatic carbocycles. The van der Waals surface area contributed by atoms with Crippen LogP contribution in [0.3, 0.4) is 0 Å². The number of hydrogen-bond acceptors (Lipinski definition) is 3. The monoisotopic (exact) mass is 295 g/mol. The number of hydrogen-bond donors (Lipinski definition) is 2. The lowest BCUT2D eigenvalue weighted by molar-refractivity contribution is -0.120. The van der Waals surface area contributed by atoms with Gasteiger partial charge in [0.1, 0.15) is 5.82 Å². The van der Waals surface area contributed by atoms with Crippen molar-refractivity contribution >= 4 is 11.6 Å². The van der Waals surface area contributed by atoms with E-state index in [1.54, 1.807) is 18.0 Å². The fourth-order valence-electron chi connectivity index (χ4n) is 2.14. The number of nitrogens with one attached hydrogen (secondary N) is 2. The number of likely N-dealkylation sites (N-methyl/N-ethyl adjacent to an activating group) is 1. The summed E-state index contributed by atoms with van der Waals surface area (Å²) in [4.78, 5) is 13.6. The van der Waals surface area contributed by atoms with Crippen LogP contribution in [0, 0.1) is 5.82 Å². The molecular weight excluding hydrogens is 269 g/mol. The van der Waals surface area contributed by atoms with E-state index in [0.717, 1.165) is 18.7 Å². The van der Waals surface area contributed by atoms with E-state index in [2.05, 4.69) is 17.6 Å². The lowest BCUT2D eigenvalue weighted by Crippen LogP contribution is -2.39. The van der Waals surface area contributed by atoms with Crippen molar-refractivity contribution in [2.24, 2.45) is 0 Å². The molecule has 0 aliphatic carbocycles. The van der Waals surface area contributed by atoms with Crippen LogP contribution in [0.5, 0.6) is 0 Å². The lowest BCUT2D eigenvalue weighted by Gasteiger charge is -2.23. The van der Waals surface area contributed by atoms with E-state index in [1.165, 1.54) is 6.07 Å². The Labute approximate surface area is 126 Å². The van der Waals surface area contributed by atoms with Crippen molar-refractivity contribution in [2.45, 2.75) is 39.8 Å². The normalized spacial score (nSPS) is 10.8. The van der Waals surface area contributed by atoms with Gasteiger partial charge in [0.15, 0.2) is 0 Å². The summed E-state index contributed by atoms with van der Waals surface area (Å²) in [6, 6.07) is 5.07. The minimum absolute atomic E-state index is 0.0655. The molecule has 0 atom stereocenters. The predicted octanol–water partition coefficient (Wildman–Crippen LogP) is 2.29. The smallest absolute Gasteiger partial charge is 0.239 e. The largest absolute Gasteiger partial charge is 0.365 e. The average Bonchev–Trinajstić information content (AvgIpc) is 2.39. The summed E-state index contributed by atoms with van der Waals surface area (Å²) >= 11 is 0. The van der Waals surface area contributed by atoms with Gasteiger partial charge in [0.25, 0.3) is 0 Å². The second kappa shape index (κ2) is 8.62. The van der Waals surface area contributed by atoms with Crippen LogP contribution in [-0.4, -0.2) is 32.1 Å². The topological polar surface area (TPSA) is 44.4 Å². The summed E-state index contributed by atoms with van der Waals surface area (Å²) in [6.07, 6.45) is 0.996. The molecule has 0 fully saturated rings. The summed E-state index contributed by atoms with van der Waals surface area (Å²) in [5.74, 6) is -0.309. The van der Waals surface area contributed by atoms with Crippen molar-refractivity contribution < 1.29 is 9.18 Å². The minimum Gasteiger partial charge on any atom is -0.365 e. The van der Waals surface area contributed by atoms with Gasteiger partial charge in [-0.05, 0) is 38.9 Å². The molecule has 1 rings (SSSR count). The molecule has 4 nitrogen and oxygen atoms in total. The Morgan fingerprint density at radius 2 is 2.10 bits per heavy atom. The van der Waals surface area contributed by atoms with Crippen molar-refractivity contribution in [1.82, 2.24) is 10.6 Å². The number of amides is 1. The zero-order chi connectivity index (χ0) is 15.8. The van der Waals surface area contributed by atoms with Gasteiger partial charge in [0, 0.05) is 30.9 Å². The van der Waals surface area contributed by atoms with Crippen molar-refractivity contribution in [1.29, 1.82) is 0 Å². The van der Waals surface area contributed by atoms with Gasteiger partial charge in [0.2, 0.25) is 5.91 Å². The van der Waals surface area contributed by atoms with Crippen LogP contribution in [0.25, 0.3) is 0 Å². The van der Waals surface area contributed by atoms with E-state index in [-0.39, 0.29) is 24.3 Å². The van der Waals surface area contributed by atoms with Crippen LogP contribution < -0.4 is 15.5 Å². The molecule has 5 heteroatoms. The first kappa shape index (κ1) is 17.4. The van der Waals surface area contributed by atoms with E-state index in [9.17, 15) is 9.18 Å². The van der Waals surface area contributed by atoms with Crippen molar-refractivity contribution in [3.8, 4) is 0 Å². The Morgan fingerprint density at radius 3 is 2.71 bits per heavy atom. The number of benzene rings is 1. The van der Waals surface area contributed by atoms with Gasteiger partial charge in [-0.1, -0.05) is 13.0 Å². The summed E-state index contributed by atoms with van der Waals surface area (Å²) in [5, 5.41) is 6.05. The number of carbonyl (C=O) groups excluding carboxylic acids is 1. The van der Waals surface area contributed by atoms with Crippen LogP contribution in [0.2, 0.25) is 0 Å². The van der Waals surface area contributed by atoms with Gasteiger partial charge in [-0.3, -0.25) is 4.79 Å². The molecule has 0 aliphatic heterocycles. The van der Waals surface area contributed by atoms with Crippen LogP contribution >= 0.6 is 0 Å². The highest BCUT2D eigenvalue weighted by Crippen LogP contribution is 2.22. The molecule has 1 amide bonds. The van der Waals surface area contributed by atoms with Crippen molar-refractivity contribution in [3.63, 3.8) is 0 Å². The lowest BCUT2D eigenvalue weighted by atomic mass is 10.1. The van der Waals surface area contributed by atoms with Crippen LogP contribution in [0.15, 0.2) is 18.2 Å². The third-order valence-corrected chi connectivity index (χ3v) is 3.06. The molecule has 21 heavy (non-hydrogen) atoms. The number of anilines is 1. The molecule has 0 spiro atoms. The van der Waals surface area contributed by atoms with Crippen LogP contribution in [0.1, 0.15) is 32.8 Å². The summed E-state index contributed by atoms with van der Waals surface area (Å²) in [7, 11) is 1.80. The molecule has 0 aliphatic rings. The molecule has 0 heterocycles.